The number of amides is 1. The average Bonchev–Trinajstić information content (AvgIpc) is 3.32. The molecule has 1 fully saturated rings. The number of aromatic nitrogens is 1. The third-order valence-electron chi connectivity index (χ3n) is 6.31. The van der Waals surface area contributed by atoms with Crippen LogP contribution in [0.3, 0.4) is 0 Å². The van der Waals surface area contributed by atoms with Crippen molar-refractivity contribution < 1.29 is 28.4 Å². The van der Waals surface area contributed by atoms with Crippen LogP contribution in [0, 0.1) is 5.92 Å². The maximum atomic E-state index is 14.0. The van der Waals surface area contributed by atoms with Crippen LogP contribution in [0.5, 0.6) is 0 Å². The average molecular weight is 459 g/mol. The number of hydrogen-bond donors (Lipinski definition) is 0. The van der Waals surface area contributed by atoms with Gasteiger partial charge in [0.2, 0.25) is 0 Å². The lowest BCUT2D eigenvalue weighted by atomic mass is 9.90. The van der Waals surface area contributed by atoms with Gasteiger partial charge in [-0.1, -0.05) is 50.6 Å². The number of carbonyl (C=O) groups excluding carboxylic acids is 3. The Labute approximate surface area is 192 Å². The highest BCUT2D eigenvalue weighted by atomic mass is 16.5. The largest absolute Gasteiger partial charge is 0.469 e. The maximum Gasteiger partial charge on any atom is 0.361 e. The van der Waals surface area contributed by atoms with Crippen LogP contribution in [0.15, 0.2) is 39.6 Å². The normalized spacial score (nSPS) is 22.3. The fourth-order valence-corrected chi connectivity index (χ4v) is 4.78. The summed E-state index contributed by atoms with van der Waals surface area (Å²) in [5.74, 6) is -2.05. The van der Waals surface area contributed by atoms with Crippen molar-refractivity contribution in [3.8, 4) is 0 Å². The number of benzene rings is 1. The lowest BCUT2D eigenvalue weighted by Crippen LogP contribution is -2.53. The number of ether oxygens (including phenoxy) is 2. The fourth-order valence-electron chi connectivity index (χ4n) is 4.78. The van der Waals surface area contributed by atoms with Crippen LogP contribution in [0.4, 0.5) is 4.79 Å². The van der Waals surface area contributed by atoms with E-state index in [2.05, 4.69) is 0 Å². The zero-order valence-electron chi connectivity index (χ0n) is 19.6. The zero-order valence-corrected chi connectivity index (χ0v) is 19.6. The Kier molecular flexibility index (Phi) is 7.09. The Morgan fingerprint density at radius 3 is 2.33 bits per heavy atom. The van der Waals surface area contributed by atoms with E-state index in [0.29, 0.717) is 36.1 Å². The first-order chi connectivity index (χ1) is 15.7. The minimum Gasteiger partial charge on any atom is -0.469 e. The highest BCUT2D eigenvalue weighted by Crippen LogP contribution is 2.48. The number of rotatable bonds is 6. The summed E-state index contributed by atoms with van der Waals surface area (Å²) in [6.45, 7) is 5.30. The van der Waals surface area contributed by atoms with E-state index in [1.807, 2.05) is 19.9 Å². The third kappa shape index (κ3) is 4.07. The molecule has 0 aliphatic carbocycles. The van der Waals surface area contributed by atoms with Crippen molar-refractivity contribution in [3.05, 3.63) is 57.6 Å². The molecule has 9 heteroatoms. The maximum absolute atomic E-state index is 14.0. The van der Waals surface area contributed by atoms with Crippen molar-refractivity contribution in [2.75, 3.05) is 14.2 Å². The van der Waals surface area contributed by atoms with Gasteiger partial charge in [-0.25, -0.2) is 14.4 Å². The molecule has 1 saturated heterocycles. The molecule has 1 aromatic carbocycles. The lowest BCUT2D eigenvalue weighted by Gasteiger charge is -2.36. The minimum atomic E-state index is -1.50. The predicted octanol–water partition coefficient (Wildman–Crippen LogP) is 3.09. The highest BCUT2D eigenvalue weighted by molar-refractivity contribution is 5.91. The molecule has 0 saturated carbocycles. The van der Waals surface area contributed by atoms with E-state index in [-0.39, 0.29) is 6.42 Å². The van der Waals surface area contributed by atoms with Gasteiger partial charge >= 0.3 is 23.6 Å². The first-order valence-corrected chi connectivity index (χ1v) is 11.0. The fraction of sp³-hybridized carbons (Fsp3) is 0.500. The van der Waals surface area contributed by atoms with Crippen LogP contribution in [-0.4, -0.2) is 47.4 Å². The van der Waals surface area contributed by atoms with Crippen LogP contribution >= 0.6 is 0 Å². The van der Waals surface area contributed by atoms with Gasteiger partial charge in [-0.3, -0.25) is 9.69 Å². The number of esters is 2. The number of hydrogen-bond acceptors (Lipinski definition) is 7. The smallest absolute Gasteiger partial charge is 0.361 e. The quantitative estimate of drug-likeness (QED) is 0.612. The Bertz CT molecular complexity index is 1090. The van der Waals surface area contributed by atoms with Crippen LogP contribution in [0.25, 0.3) is 0 Å². The van der Waals surface area contributed by atoms with Crippen LogP contribution in [0.2, 0.25) is 0 Å². The van der Waals surface area contributed by atoms with Gasteiger partial charge in [0.25, 0.3) is 0 Å². The molecule has 178 valence electrons. The summed E-state index contributed by atoms with van der Waals surface area (Å²) in [6.07, 6.45) is 1.52. The molecule has 2 aromatic rings. The van der Waals surface area contributed by atoms with Crippen molar-refractivity contribution in [1.82, 2.24) is 9.64 Å². The summed E-state index contributed by atoms with van der Waals surface area (Å²) >= 11 is 0. The summed E-state index contributed by atoms with van der Waals surface area (Å²) in [4.78, 5) is 53.6. The Morgan fingerprint density at radius 2 is 1.79 bits per heavy atom. The molecular formula is C24H30N2O7. The molecule has 1 aliphatic rings. The van der Waals surface area contributed by atoms with Gasteiger partial charge in [0.15, 0.2) is 0 Å². The topological polar surface area (TPSA) is 108 Å². The zero-order chi connectivity index (χ0) is 24.3. The Balaban J connectivity index is 2.25. The number of nitrogens with zero attached hydrogens (tertiary/aromatic N) is 2. The molecule has 33 heavy (non-hydrogen) atoms. The van der Waals surface area contributed by atoms with Gasteiger partial charge in [-0.05, 0) is 31.7 Å². The molecule has 0 bridgehead atoms. The summed E-state index contributed by atoms with van der Waals surface area (Å²) < 4.78 is 16.4. The summed E-state index contributed by atoms with van der Waals surface area (Å²) in [5.41, 5.74) is -0.546. The van der Waals surface area contributed by atoms with E-state index in [1.54, 1.807) is 31.2 Å². The Morgan fingerprint density at radius 1 is 1.12 bits per heavy atom. The molecule has 3 atom stereocenters. The van der Waals surface area contributed by atoms with Crippen LogP contribution < -0.4 is 5.63 Å². The molecule has 1 amide bonds. The Hall–Kier alpha value is -3.36. The summed E-state index contributed by atoms with van der Waals surface area (Å²) in [5, 5.41) is 0. The molecule has 0 N–H and O–H groups in total. The molecule has 0 radical (unpaired) electrons. The van der Waals surface area contributed by atoms with E-state index in [4.69, 9.17) is 14.0 Å². The number of methoxy groups -OCH3 is 2. The number of carbonyl (C=O) groups is 3. The second-order valence-electron chi connectivity index (χ2n) is 8.31. The molecular weight excluding hydrogens is 428 g/mol. The van der Waals surface area contributed by atoms with Gasteiger partial charge in [0.1, 0.15) is 5.54 Å². The van der Waals surface area contributed by atoms with Crippen LogP contribution in [-0.2, 0) is 31.9 Å². The third-order valence-corrected chi connectivity index (χ3v) is 6.31. The predicted molar refractivity (Wildman–Crippen MR) is 119 cm³/mol. The van der Waals surface area contributed by atoms with Crippen molar-refractivity contribution in [2.24, 2.45) is 5.92 Å². The van der Waals surface area contributed by atoms with Gasteiger partial charge in [-0.15, -0.1) is 4.74 Å². The van der Waals surface area contributed by atoms with Gasteiger partial charge in [0.05, 0.1) is 37.4 Å². The molecule has 1 aliphatic heterocycles. The molecule has 3 unspecified atom stereocenters. The van der Waals surface area contributed by atoms with E-state index >= 15 is 0 Å². The molecule has 1 aromatic heterocycles. The summed E-state index contributed by atoms with van der Waals surface area (Å²) in [6, 6.07) is 7.40. The van der Waals surface area contributed by atoms with Crippen molar-refractivity contribution in [1.29, 1.82) is 0 Å². The van der Waals surface area contributed by atoms with E-state index in [9.17, 15) is 19.2 Å². The molecule has 3 rings (SSSR count). The second-order valence-corrected chi connectivity index (χ2v) is 8.31. The summed E-state index contributed by atoms with van der Waals surface area (Å²) in [7, 11) is 2.49. The second kappa shape index (κ2) is 9.64. The first kappa shape index (κ1) is 24.3. The minimum absolute atomic E-state index is 0.00705. The van der Waals surface area contributed by atoms with Gasteiger partial charge < -0.3 is 14.0 Å². The lowest BCUT2D eigenvalue weighted by molar-refractivity contribution is -0.151. The highest BCUT2D eigenvalue weighted by Gasteiger charge is 2.59. The van der Waals surface area contributed by atoms with E-state index in [1.165, 1.54) is 19.1 Å². The molecule has 0 spiro atoms. The van der Waals surface area contributed by atoms with E-state index < -0.39 is 41.1 Å². The molecule has 2 heterocycles. The monoisotopic (exact) mass is 458 g/mol. The van der Waals surface area contributed by atoms with Crippen molar-refractivity contribution in [3.63, 3.8) is 0 Å². The van der Waals surface area contributed by atoms with E-state index in [0.717, 1.165) is 4.74 Å². The molecule has 9 nitrogen and oxygen atoms in total. The SMILES string of the molecule is CCCc1c(CC)c(=O)on1C(=O)N1C(c2ccccc2)C(C(=O)OC)CC1(C)C(=O)OC. The van der Waals surface area contributed by atoms with Gasteiger partial charge in [0, 0.05) is 0 Å². The first-order valence-electron chi connectivity index (χ1n) is 11.0. The standard InChI is InChI=1S/C24H30N2O7/c1-6-11-18-16(7-2)21(28)33-26(18)23(30)25-19(15-12-9-8-10-13-15)17(20(27)31-4)14-24(25,3)22(29)32-5/h8-10,12-13,17,19H,6-7,11,14H2,1-5H3. The number of likely N-dealkylation sites (tertiary alicyclic amines) is 1. The van der Waals surface area contributed by atoms with Crippen LogP contribution in [0.1, 0.15) is 56.5 Å². The van der Waals surface area contributed by atoms with Gasteiger partial charge in [-0.2, -0.15) is 0 Å². The van der Waals surface area contributed by atoms with Crippen molar-refractivity contribution >= 4 is 18.0 Å². The van der Waals surface area contributed by atoms with Crippen molar-refractivity contribution in [2.45, 2.75) is 58.0 Å².